The molecule has 0 unspecified atom stereocenters. The average Bonchev–Trinajstić information content (AvgIpc) is 3.33. The lowest BCUT2D eigenvalue weighted by atomic mass is 10.2. The van der Waals surface area contributed by atoms with Crippen LogP contribution in [0.3, 0.4) is 0 Å². The first kappa shape index (κ1) is 17.1. The zero-order chi connectivity index (χ0) is 18.1. The van der Waals surface area contributed by atoms with Gasteiger partial charge < -0.3 is 4.74 Å². The topological polar surface area (TPSA) is 73.4 Å². The van der Waals surface area contributed by atoms with E-state index >= 15 is 0 Å². The van der Waals surface area contributed by atoms with Crippen molar-refractivity contribution in [3.63, 3.8) is 0 Å². The minimum Gasteiger partial charge on any atom is -0.380 e. The van der Waals surface area contributed by atoms with Crippen molar-refractivity contribution < 1.29 is 4.74 Å². The van der Waals surface area contributed by atoms with E-state index in [1.54, 1.807) is 19.5 Å². The summed E-state index contributed by atoms with van der Waals surface area (Å²) in [6.07, 6.45) is 10.6. The van der Waals surface area contributed by atoms with E-state index in [4.69, 9.17) is 4.74 Å². The summed E-state index contributed by atoms with van der Waals surface area (Å²) in [6.45, 7) is 7.03. The normalized spacial score (nSPS) is 21.2. The zero-order valence-electron chi connectivity index (χ0n) is 15.5. The fourth-order valence-electron chi connectivity index (χ4n) is 3.67. The van der Waals surface area contributed by atoms with Gasteiger partial charge in [-0.2, -0.15) is 5.10 Å². The number of likely N-dealkylation sites (tertiary alicyclic amines) is 1. The molecule has 0 saturated carbocycles. The van der Waals surface area contributed by atoms with E-state index in [1.165, 1.54) is 5.56 Å². The van der Waals surface area contributed by atoms with Crippen molar-refractivity contribution in [3.05, 3.63) is 42.4 Å². The number of nitrogens with zero attached hydrogens (tertiary/aromatic N) is 7. The summed E-state index contributed by atoms with van der Waals surface area (Å²) in [5.41, 5.74) is 1.98. The van der Waals surface area contributed by atoms with Crippen LogP contribution in [0, 0.1) is 5.92 Å². The van der Waals surface area contributed by atoms with Crippen LogP contribution in [0.5, 0.6) is 0 Å². The first-order valence-electron chi connectivity index (χ1n) is 9.07. The summed E-state index contributed by atoms with van der Waals surface area (Å²) in [7, 11) is 1.78. The molecule has 1 fully saturated rings. The highest BCUT2D eigenvalue weighted by Crippen LogP contribution is 2.33. The third-order valence-corrected chi connectivity index (χ3v) is 4.86. The summed E-state index contributed by atoms with van der Waals surface area (Å²) in [5, 5.41) is 13.2. The lowest BCUT2D eigenvalue weighted by molar-refractivity contribution is 0.107. The van der Waals surface area contributed by atoms with Crippen molar-refractivity contribution in [2.75, 3.05) is 13.7 Å². The SMILES string of the molecule is CO[C@@H]1C[C@@H](c2nnc3cnccn23)N(Cc2cnn(CC(C)C)c2)C1. The first-order chi connectivity index (χ1) is 12.6. The first-order valence-corrected chi connectivity index (χ1v) is 9.07. The van der Waals surface area contributed by atoms with Gasteiger partial charge in [0.15, 0.2) is 11.5 Å². The highest BCUT2D eigenvalue weighted by molar-refractivity contribution is 5.34. The molecular formula is C18H25N7O. The second-order valence-electron chi connectivity index (χ2n) is 7.37. The van der Waals surface area contributed by atoms with Crippen molar-refractivity contribution in [1.82, 2.24) is 34.3 Å². The van der Waals surface area contributed by atoms with E-state index in [1.807, 2.05) is 21.5 Å². The molecule has 4 rings (SSSR count). The fraction of sp³-hybridized carbons (Fsp3) is 0.556. The second kappa shape index (κ2) is 7.13. The number of methoxy groups -OCH3 is 1. The summed E-state index contributed by atoms with van der Waals surface area (Å²) >= 11 is 0. The van der Waals surface area contributed by atoms with Crippen LogP contribution in [-0.4, -0.2) is 54.0 Å². The highest BCUT2D eigenvalue weighted by Gasteiger charge is 2.36. The molecule has 3 aromatic rings. The maximum absolute atomic E-state index is 5.64. The Morgan fingerprint density at radius 3 is 2.96 bits per heavy atom. The lowest BCUT2D eigenvalue weighted by Crippen LogP contribution is -2.25. The van der Waals surface area contributed by atoms with Gasteiger partial charge in [-0.15, -0.1) is 10.2 Å². The summed E-state index contributed by atoms with van der Waals surface area (Å²) in [4.78, 5) is 6.53. The van der Waals surface area contributed by atoms with Gasteiger partial charge in [0.2, 0.25) is 0 Å². The van der Waals surface area contributed by atoms with Crippen molar-refractivity contribution >= 4 is 5.65 Å². The standard InChI is InChI=1S/C18H25N7O/c1-13(2)9-24-11-14(7-20-24)10-23-12-15(26-3)6-16(23)18-22-21-17-8-19-4-5-25(17)18/h4-5,7-8,11,13,15-16H,6,9-10,12H2,1-3H3/t15-,16+/m1/s1. The second-order valence-corrected chi connectivity index (χ2v) is 7.37. The van der Waals surface area contributed by atoms with Crippen LogP contribution in [0.2, 0.25) is 0 Å². The molecule has 0 aromatic carbocycles. The largest absolute Gasteiger partial charge is 0.380 e. The van der Waals surface area contributed by atoms with Crippen LogP contribution >= 0.6 is 0 Å². The molecule has 4 heterocycles. The van der Waals surface area contributed by atoms with E-state index in [0.717, 1.165) is 37.5 Å². The molecule has 0 N–H and O–H groups in total. The Labute approximate surface area is 152 Å². The maximum Gasteiger partial charge on any atom is 0.179 e. The Balaban J connectivity index is 1.58. The summed E-state index contributed by atoms with van der Waals surface area (Å²) in [5.74, 6) is 1.52. The predicted octanol–water partition coefficient (Wildman–Crippen LogP) is 1.94. The Hall–Kier alpha value is -2.32. The molecule has 0 spiro atoms. The number of rotatable bonds is 6. The number of fused-ring (bicyclic) bond motifs is 1. The zero-order valence-corrected chi connectivity index (χ0v) is 15.5. The molecule has 3 aromatic heterocycles. The molecule has 0 amide bonds. The fourth-order valence-corrected chi connectivity index (χ4v) is 3.67. The van der Waals surface area contributed by atoms with Crippen LogP contribution in [0.15, 0.2) is 31.0 Å². The molecule has 1 aliphatic heterocycles. The molecular weight excluding hydrogens is 330 g/mol. The van der Waals surface area contributed by atoms with E-state index < -0.39 is 0 Å². The quantitative estimate of drug-likeness (QED) is 0.673. The van der Waals surface area contributed by atoms with E-state index in [2.05, 4.69) is 45.2 Å². The van der Waals surface area contributed by atoms with Crippen molar-refractivity contribution in [2.45, 2.75) is 45.5 Å². The number of aromatic nitrogens is 6. The molecule has 0 aliphatic carbocycles. The molecule has 1 saturated heterocycles. The number of hydrogen-bond donors (Lipinski definition) is 0. The smallest absolute Gasteiger partial charge is 0.179 e. The minimum absolute atomic E-state index is 0.158. The number of ether oxygens (including phenoxy) is 1. The molecule has 8 nitrogen and oxygen atoms in total. The predicted molar refractivity (Wildman–Crippen MR) is 96.4 cm³/mol. The lowest BCUT2D eigenvalue weighted by Gasteiger charge is -2.22. The summed E-state index contributed by atoms with van der Waals surface area (Å²) in [6, 6.07) is 0.158. The Morgan fingerprint density at radius 2 is 2.15 bits per heavy atom. The molecule has 0 bridgehead atoms. The van der Waals surface area contributed by atoms with Crippen molar-refractivity contribution in [3.8, 4) is 0 Å². The van der Waals surface area contributed by atoms with Crippen molar-refractivity contribution in [1.29, 1.82) is 0 Å². The molecule has 2 atom stereocenters. The van der Waals surface area contributed by atoms with Crippen LogP contribution in [0.4, 0.5) is 0 Å². The van der Waals surface area contributed by atoms with Gasteiger partial charge in [-0.1, -0.05) is 13.8 Å². The van der Waals surface area contributed by atoms with Crippen molar-refractivity contribution in [2.24, 2.45) is 5.92 Å². The van der Waals surface area contributed by atoms with Gasteiger partial charge in [0.05, 0.1) is 24.5 Å². The van der Waals surface area contributed by atoms with Gasteiger partial charge in [-0.25, -0.2) is 0 Å². The van der Waals surface area contributed by atoms with Gasteiger partial charge in [-0.3, -0.25) is 19.0 Å². The minimum atomic E-state index is 0.158. The molecule has 8 heteroatoms. The van der Waals surface area contributed by atoms with Gasteiger partial charge >= 0.3 is 0 Å². The van der Waals surface area contributed by atoms with Gasteiger partial charge in [0, 0.05) is 50.9 Å². The van der Waals surface area contributed by atoms with Crippen LogP contribution in [-0.2, 0) is 17.8 Å². The van der Waals surface area contributed by atoms with E-state index in [-0.39, 0.29) is 12.1 Å². The van der Waals surface area contributed by atoms with Crippen LogP contribution < -0.4 is 0 Å². The monoisotopic (exact) mass is 355 g/mol. The maximum atomic E-state index is 5.64. The summed E-state index contributed by atoms with van der Waals surface area (Å²) < 4.78 is 9.69. The highest BCUT2D eigenvalue weighted by atomic mass is 16.5. The molecule has 138 valence electrons. The number of hydrogen-bond acceptors (Lipinski definition) is 6. The van der Waals surface area contributed by atoms with Gasteiger partial charge in [0.1, 0.15) is 0 Å². The third-order valence-electron chi connectivity index (χ3n) is 4.86. The molecule has 1 aliphatic rings. The van der Waals surface area contributed by atoms with Crippen LogP contribution in [0.25, 0.3) is 5.65 Å². The van der Waals surface area contributed by atoms with Gasteiger partial charge in [0.25, 0.3) is 0 Å². The third kappa shape index (κ3) is 3.34. The molecule has 0 radical (unpaired) electrons. The Bertz CT molecular complexity index is 871. The Morgan fingerprint density at radius 1 is 1.27 bits per heavy atom. The average molecular weight is 355 g/mol. The van der Waals surface area contributed by atoms with Gasteiger partial charge in [-0.05, 0) is 12.3 Å². The van der Waals surface area contributed by atoms with E-state index in [0.29, 0.717) is 5.92 Å². The molecule has 26 heavy (non-hydrogen) atoms. The Kier molecular flexibility index (Phi) is 4.69. The van der Waals surface area contributed by atoms with Crippen LogP contribution in [0.1, 0.15) is 37.7 Å². The van der Waals surface area contributed by atoms with E-state index in [9.17, 15) is 0 Å².